The Bertz CT molecular complexity index is 490. The molecule has 2 rings (SSSR count). The van der Waals surface area contributed by atoms with E-state index in [0.717, 1.165) is 17.1 Å². The van der Waals surface area contributed by atoms with Gasteiger partial charge in [-0.2, -0.15) is 0 Å². The number of benzene rings is 1. The zero-order valence-electron chi connectivity index (χ0n) is 10.8. The van der Waals surface area contributed by atoms with E-state index >= 15 is 0 Å². The monoisotopic (exact) mass is 312 g/mol. The molecule has 1 aromatic carbocycles. The first kappa shape index (κ1) is 15.1. The zero-order chi connectivity index (χ0) is 14.4. The first-order valence-electron chi connectivity index (χ1n) is 6.17. The summed E-state index contributed by atoms with van der Waals surface area (Å²) in [5, 5.41) is 2.39. The van der Waals surface area contributed by atoms with Crippen molar-refractivity contribution in [3.63, 3.8) is 0 Å². The van der Waals surface area contributed by atoms with Crippen molar-refractivity contribution in [1.82, 2.24) is 5.32 Å². The first-order chi connectivity index (χ1) is 9.66. The maximum absolute atomic E-state index is 11.5. The number of primary amides is 1. The Hall–Kier alpha value is -1.34. The van der Waals surface area contributed by atoms with E-state index in [9.17, 15) is 9.59 Å². The fraction of sp³-hybridized carbons (Fsp3) is 0.385. The van der Waals surface area contributed by atoms with Crippen LogP contribution in [0.3, 0.4) is 0 Å². The molecule has 1 aliphatic heterocycles. The number of nitrogens with two attached hydrogens (primary N) is 1. The van der Waals surface area contributed by atoms with Gasteiger partial charge in [-0.1, -0.05) is 18.2 Å². The molecule has 0 saturated carbocycles. The highest BCUT2D eigenvalue weighted by Crippen LogP contribution is 2.48. The summed E-state index contributed by atoms with van der Waals surface area (Å²) in [6.45, 7) is -0.287. The van der Waals surface area contributed by atoms with Gasteiger partial charge in [-0.15, -0.1) is 23.5 Å². The van der Waals surface area contributed by atoms with Crippen LogP contribution >= 0.6 is 23.5 Å². The number of para-hydroxylation sites is 1. The number of carbonyl (C=O) groups is 2. The molecule has 7 heteroatoms. The van der Waals surface area contributed by atoms with Crippen LogP contribution in [0.1, 0.15) is 10.1 Å². The van der Waals surface area contributed by atoms with Crippen LogP contribution < -0.4 is 15.8 Å². The maximum atomic E-state index is 11.5. The van der Waals surface area contributed by atoms with Gasteiger partial charge in [-0.25, -0.2) is 0 Å². The van der Waals surface area contributed by atoms with Gasteiger partial charge in [0.2, 0.25) is 5.91 Å². The topological polar surface area (TPSA) is 81.4 Å². The molecule has 1 heterocycles. The third-order valence-corrected chi connectivity index (χ3v) is 5.68. The Morgan fingerprint density at radius 3 is 2.70 bits per heavy atom. The fourth-order valence-corrected chi connectivity index (χ4v) is 4.63. The average Bonchev–Trinajstić information content (AvgIpc) is 2.97. The molecular weight excluding hydrogens is 296 g/mol. The van der Waals surface area contributed by atoms with Gasteiger partial charge in [0.25, 0.3) is 5.91 Å². The molecule has 108 valence electrons. The average molecular weight is 312 g/mol. The molecule has 0 aromatic heterocycles. The second-order valence-corrected chi connectivity index (χ2v) is 6.87. The maximum Gasteiger partial charge on any atom is 0.258 e. The van der Waals surface area contributed by atoms with Crippen LogP contribution in [-0.4, -0.2) is 36.5 Å². The Labute approximate surface area is 126 Å². The van der Waals surface area contributed by atoms with Crippen molar-refractivity contribution < 1.29 is 14.3 Å². The SMILES string of the molecule is NC(=O)CNC(=O)COc1ccccc1C1SCCS1. The summed E-state index contributed by atoms with van der Waals surface area (Å²) >= 11 is 3.76. The number of hydrogen-bond acceptors (Lipinski definition) is 5. The third-order valence-electron chi connectivity index (χ3n) is 2.61. The van der Waals surface area contributed by atoms with Crippen molar-refractivity contribution in [2.75, 3.05) is 24.7 Å². The van der Waals surface area contributed by atoms with E-state index in [1.54, 1.807) is 0 Å². The normalized spacial score (nSPS) is 15.0. The number of hydrogen-bond donors (Lipinski definition) is 2. The lowest BCUT2D eigenvalue weighted by Crippen LogP contribution is -2.36. The van der Waals surface area contributed by atoms with E-state index in [1.165, 1.54) is 0 Å². The van der Waals surface area contributed by atoms with Crippen LogP contribution in [0.15, 0.2) is 24.3 Å². The van der Waals surface area contributed by atoms with Crippen LogP contribution in [-0.2, 0) is 9.59 Å². The predicted octanol–water partition coefficient (Wildman–Crippen LogP) is 1.15. The van der Waals surface area contributed by atoms with E-state index in [4.69, 9.17) is 10.5 Å². The predicted molar refractivity (Wildman–Crippen MR) is 81.8 cm³/mol. The van der Waals surface area contributed by atoms with Crippen molar-refractivity contribution >= 4 is 35.3 Å². The molecule has 0 atom stereocenters. The van der Waals surface area contributed by atoms with Crippen molar-refractivity contribution in [2.24, 2.45) is 5.73 Å². The quantitative estimate of drug-likeness (QED) is 0.823. The lowest BCUT2D eigenvalue weighted by molar-refractivity contribution is -0.126. The van der Waals surface area contributed by atoms with E-state index in [1.807, 2.05) is 47.8 Å². The summed E-state index contributed by atoms with van der Waals surface area (Å²) in [6, 6.07) is 7.72. The molecule has 1 aromatic rings. The number of amides is 2. The summed E-state index contributed by atoms with van der Waals surface area (Å²) in [5.41, 5.74) is 6.05. The summed E-state index contributed by atoms with van der Waals surface area (Å²) in [5.74, 6) is 2.04. The molecule has 3 N–H and O–H groups in total. The van der Waals surface area contributed by atoms with Crippen molar-refractivity contribution in [3.8, 4) is 5.75 Å². The zero-order valence-corrected chi connectivity index (χ0v) is 12.5. The molecule has 1 fully saturated rings. The third kappa shape index (κ3) is 4.35. The minimum atomic E-state index is -0.572. The van der Waals surface area contributed by atoms with Gasteiger partial charge in [0.05, 0.1) is 11.1 Å². The summed E-state index contributed by atoms with van der Waals surface area (Å²) in [7, 11) is 0. The number of ether oxygens (including phenoxy) is 1. The Kier molecular flexibility index (Phi) is 5.60. The van der Waals surface area contributed by atoms with Crippen LogP contribution in [0.25, 0.3) is 0 Å². The summed E-state index contributed by atoms with van der Waals surface area (Å²) in [6.07, 6.45) is 0. The van der Waals surface area contributed by atoms with Crippen LogP contribution in [0.5, 0.6) is 5.75 Å². The Morgan fingerprint density at radius 2 is 2.00 bits per heavy atom. The lowest BCUT2D eigenvalue weighted by Gasteiger charge is -2.14. The summed E-state index contributed by atoms with van der Waals surface area (Å²) < 4.78 is 5.91. The second kappa shape index (κ2) is 7.44. The number of carbonyl (C=O) groups excluding carboxylic acids is 2. The van der Waals surface area contributed by atoms with Crippen LogP contribution in [0, 0.1) is 0 Å². The Balaban J connectivity index is 1.92. The minimum Gasteiger partial charge on any atom is -0.483 e. The molecule has 0 bridgehead atoms. The van der Waals surface area contributed by atoms with Gasteiger partial charge in [0.15, 0.2) is 6.61 Å². The van der Waals surface area contributed by atoms with Crippen LogP contribution in [0.4, 0.5) is 0 Å². The highest BCUT2D eigenvalue weighted by Gasteiger charge is 2.21. The largest absolute Gasteiger partial charge is 0.483 e. The number of nitrogens with one attached hydrogen (secondary N) is 1. The van der Waals surface area contributed by atoms with E-state index in [0.29, 0.717) is 10.3 Å². The molecule has 0 unspecified atom stereocenters. The van der Waals surface area contributed by atoms with E-state index in [-0.39, 0.29) is 19.1 Å². The Morgan fingerprint density at radius 1 is 1.30 bits per heavy atom. The smallest absolute Gasteiger partial charge is 0.258 e. The highest BCUT2D eigenvalue weighted by molar-refractivity contribution is 8.19. The second-order valence-electron chi connectivity index (χ2n) is 4.14. The fourth-order valence-electron chi connectivity index (χ4n) is 1.72. The van der Waals surface area contributed by atoms with Gasteiger partial charge in [-0.3, -0.25) is 9.59 Å². The standard InChI is InChI=1S/C13H16N2O3S2/c14-11(16)7-15-12(17)8-18-10-4-2-1-3-9(10)13-19-5-6-20-13/h1-4,13H,5-8H2,(H2,14,16)(H,15,17). The van der Waals surface area contributed by atoms with Gasteiger partial charge >= 0.3 is 0 Å². The van der Waals surface area contributed by atoms with E-state index < -0.39 is 5.91 Å². The molecule has 2 amide bonds. The highest BCUT2D eigenvalue weighted by atomic mass is 32.2. The van der Waals surface area contributed by atoms with Gasteiger partial charge in [0, 0.05) is 17.1 Å². The molecule has 20 heavy (non-hydrogen) atoms. The molecule has 0 spiro atoms. The summed E-state index contributed by atoms with van der Waals surface area (Å²) in [4.78, 5) is 22.1. The molecule has 0 radical (unpaired) electrons. The lowest BCUT2D eigenvalue weighted by atomic mass is 10.2. The molecule has 0 aliphatic carbocycles. The van der Waals surface area contributed by atoms with E-state index in [2.05, 4.69) is 5.32 Å². The van der Waals surface area contributed by atoms with Crippen molar-refractivity contribution in [2.45, 2.75) is 4.58 Å². The number of thioether (sulfide) groups is 2. The molecular formula is C13H16N2O3S2. The van der Waals surface area contributed by atoms with Gasteiger partial charge < -0.3 is 15.8 Å². The van der Waals surface area contributed by atoms with Crippen molar-refractivity contribution in [3.05, 3.63) is 29.8 Å². The molecule has 1 aliphatic rings. The minimum absolute atomic E-state index is 0.119. The van der Waals surface area contributed by atoms with Crippen LogP contribution in [0.2, 0.25) is 0 Å². The van der Waals surface area contributed by atoms with Gasteiger partial charge in [0.1, 0.15) is 5.75 Å². The number of rotatable bonds is 6. The molecule has 5 nitrogen and oxygen atoms in total. The molecule has 1 saturated heterocycles. The van der Waals surface area contributed by atoms with Gasteiger partial charge in [-0.05, 0) is 6.07 Å². The first-order valence-corrected chi connectivity index (χ1v) is 8.26. The van der Waals surface area contributed by atoms with Crippen molar-refractivity contribution in [1.29, 1.82) is 0 Å².